The normalized spacial score (nSPS) is 14.1. The van der Waals surface area contributed by atoms with E-state index >= 15 is 0 Å². The molecule has 0 aliphatic carbocycles. The Kier molecular flexibility index (Phi) is 4.96. The molecule has 0 amide bonds. The lowest BCUT2D eigenvalue weighted by molar-refractivity contribution is -0.0513. The van der Waals surface area contributed by atoms with Crippen molar-refractivity contribution in [1.29, 1.82) is 0 Å². The van der Waals surface area contributed by atoms with Crippen molar-refractivity contribution in [3.8, 4) is 17.2 Å². The first-order valence-electron chi connectivity index (χ1n) is 5.26. The Labute approximate surface area is 110 Å². The van der Waals surface area contributed by atoms with Crippen molar-refractivity contribution in [2.24, 2.45) is 5.73 Å². The van der Waals surface area contributed by atoms with Crippen molar-refractivity contribution in [3.63, 3.8) is 0 Å². The van der Waals surface area contributed by atoms with E-state index in [4.69, 9.17) is 23.1 Å². The molecule has 2 radical (unpaired) electrons. The van der Waals surface area contributed by atoms with E-state index in [1.807, 2.05) is 0 Å². The molecule has 1 unspecified atom stereocenters. The predicted molar refractivity (Wildman–Crippen MR) is 64.8 cm³/mol. The maximum Gasteiger partial charge on any atom is 0.387 e. The van der Waals surface area contributed by atoms with Crippen LogP contribution >= 0.6 is 0 Å². The molecule has 0 saturated heterocycles. The molecule has 1 aromatic rings. The van der Waals surface area contributed by atoms with Gasteiger partial charge in [0.15, 0.2) is 11.5 Å². The molecule has 1 atom stereocenters. The van der Waals surface area contributed by atoms with Gasteiger partial charge in [-0.2, -0.15) is 8.78 Å². The Morgan fingerprint density at radius 2 is 1.84 bits per heavy atom. The summed E-state index contributed by atoms with van der Waals surface area (Å²) in [6.45, 7) is -2.99. The van der Waals surface area contributed by atoms with Crippen molar-refractivity contribution < 1.29 is 28.1 Å². The van der Waals surface area contributed by atoms with E-state index in [1.54, 1.807) is 0 Å². The molecule has 0 aromatic heterocycles. The third-order valence-electron chi connectivity index (χ3n) is 2.26. The van der Waals surface area contributed by atoms with Crippen LogP contribution in [0, 0.1) is 0 Å². The molecular weight excluding hydrogens is 259 g/mol. The Balaban J connectivity index is 3.19. The second-order valence-electron chi connectivity index (χ2n) is 3.86. The van der Waals surface area contributed by atoms with Gasteiger partial charge in [0, 0.05) is 18.1 Å². The maximum absolute atomic E-state index is 12.2. The first-order valence-corrected chi connectivity index (χ1v) is 5.26. The summed E-state index contributed by atoms with van der Waals surface area (Å²) in [7, 11) is 7.92. The van der Waals surface area contributed by atoms with Crippen LogP contribution in [0.3, 0.4) is 0 Å². The zero-order chi connectivity index (χ0) is 14.6. The highest BCUT2D eigenvalue weighted by molar-refractivity contribution is 6.13. The molecule has 19 heavy (non-hydrogen) atoms. The quantitative estimate of drug-likeness (QED) is 0.587. The van der Waals surface area contributed by atoms with E-state index in [1.165, 1.54) is 26.4 Å². The summed E-state index contributed by atoms with van der Waals surface area (Å²) in [6.07, 6.45) is -0.151. The summed E-state index contributed by atoms with van der Waals surface area (Å²) in [5.74, 6) is 0.0711. The number of hydrogen-bond donors (Lipinski definition) is 2. The van der Waals surface area contributed by atoms with Gasteiger partial charge in [-0.1, -0.05) is 0 Å². The van der Waals surface area contributed by atoms with Crippen molar-refractivity contribution in [2.75, 3.05) is 14.2 Å². The van der Waals surface area contributed by atoms with Crippen molar-refractivity contribution in [1.82, 2.24) is 0 Å². The van der Waals surface area contributed by atoms with Crippen LogP contribution in [-0.4, -0.2) is 39.4 Å². The van der Waals surface area contributed by atoms with Crippen LogP contribution in [0.25, 0.3) is 0 Å². The fraction of sp³-hybridized carbons (Fsp3) is 0.455. The molecule has 5 nitrogen and oxygen atoms in total. The van der Waals surface area contributed by atoms with Crippen LogP contribution in [0.2, 0.25) is 0 Å². The fourth-order valence-corrected chi connectivity index (χ4v) is 1.56. The summed E-state index contributed by atoms with van der Waals surface area (Å²) in [6, 6.07) is 2.58. The average Bonchev–Trinajstić information content (AvgIpc) is 2.27. The van der Waals surface area contributed by atoms with E-state index < -0.39 is 12.2 Å². The first-order chi connectivity index (χ1) is 8.76. The van der Waals surface area contributed by atoms with E-state index in [9.17, 15) is 13.9 Å². The molecular formula is C11H14BF2NO4. The second-order valence-corrected chi connectivity index (χ2v) is 3.86. The minimum Gasteiger partial charge on any atom is -0.496 e. The third-order valence-corrected chi connectivity index (χ3v) is 2.26. The summed E-state index contributed by atoms with van der Waals surface area (Å²) in [5, 5.41) is 9.38. The lowest BCUT2D eigenvalue weighted by Gasteiger charge is -2.21. The number of methoxy groups -OCH3 is 2. The van der Waals surface area contributed by atoms with Gasteiger partial charge < -0.3 is 25.1 Å². The summed E-state index contributed by atoms with van der Waals surface area (Å²) in [5.41, 5.74) is 3.73. The van der Waals surface area contributed by atoms with Gasteiger partial charge in [0.05, 0.1) is 19.8 Å². The highest BCUT2D eigenvalue weighted by Crippen LogP contribution is 2.36. The molecule has 0 aliphatic heterocycles. The van der Waals surface area contributed by atoms with E-state index in [-0.39, 0.29) is 23.7 Å². The molecule has 104 valence electrons. The standard InChI is InChI=1S/C11H14BF2NO4/c1-17-7-4-9(19-10(13)14)8(18-2)3-6(7)5-11(12,15)16/h3-4,10,16H,5,15H2,1-2H3. The Morgan fingerprint density at radius 3 is 2.26 bits per heavy atom. The number of nitrogens with two attached hydrogens (primary N) is 1. The van der Waals surface area contributed by atoms with Crippen LogP contribution in [0.4, 0.5) is 8.78 Å². The number of hydrogen-bond acceptors (Lipinski definition) is 5. The van der Waals surface area contributed by atoms with Crippen LogP contribution in [-0.2, 0) is 6.42 Å². The predicted octanol–water partition coefficient (Wildman–Crippen LogP) is 0.621. The molecule has 0 aliphatic rings. The van der Waals surface area contributed by atoms with Gasteiger partial charge in [0.2, 0.25) is 0 Å². The molecule has 8 heteroatoms. The third kappa shape index (κ3) is 4.57. The molecule has 1 aromatic carbocycles. The van der Waals surface area contributed by atoms with Crippen LogP contribution in [0.15, 0.2) is 12.1 Å². The molecule has 0 heterocycles. The number of rotatable bonds is 6. The Hall–Kier alpha value is -1.54. The molecule has 1 rings (SSSR count). The Bertz CT molecular complexity index is 437. The number of ether oxygens (including phenoxy) is 3. The Morgan fingerprint density at radius 1 is 1.26 bits per heavy atom. The number of alkyl halides is 2. The molecule has 0 bridgehead atoms. The van der Waals surface area contributed by atoms with Crippen molar-refractivity contribution in [2.45, 2.75) is 18.7 Å². The van der Waals surface area contributed by atoms with Crippen LogP contribution in [0.5, 0.6) is 17.2 Å². The van der Waals surface area contributed by atoms with E-state index in [0.717, 1.165) is 0 Å². The minimum absolute atomic E-state index is 0.0559. The molecule has 0 spiro atoms. The molecule has 0 saturated carbocycles. The summed E-state index contributed by atoms with van der Waals surface area (Å²) >= 11 is 0. The fourth-order valence-electron chi connectivity index (χ4n) is 1.56. The summed E-state index contributed by atoms with van der Waals surface area (Å²) in [4.78, 5) is 0. The number of halogens is 2. The zero-order valence-corrected chi connectivity index (χ0v) is 10.5. The maximum atomic E-state index is 12.2. The lowest BCUT2D eigenvalue weighted by Crippen LogP contribution is -2.42. The number of benzene rings is 1. The smallest absolute Gasteiger partial charge is 0.387 e. The second kappa shape index (κ2) is 6.07. The monoisotopic (exact) mass is 273 g/mol. The van der Waals surface area contributed by atoms with Crippen molar-refractivity contribution in [3.05, 3.63) is 17.7 Å². The SMILES string of the molecule is [B]C(N)(O)Cc1cc(OC)c(OC(F)F)cc1OC. The van der Waals surface area contributed by atoms with Gasteiger partial charge in [0.25, 0.3) is 0 Å². The van der Waals surface area contributed by atoms with Gasteiger partial charge in [-0.25, -0.2) is 0 Å². The lowest BCUT2D eigenvalue weighted by atomic mass is 9.85. The van der Waals surface area contributed by atoms with Gasteiger partial charge in [0.1, 0.15) is 13.6 Å². The summed E-state index contributed by atoms with van der Waals surface area (Å²) < 4.78 is 38.7. The first kappa shape index (κ1) is 15.5. The van der Waals surface area contributed by atoms with Crippen LogP contribution < -0.4 is 19.9 Å². The average molecular weight is 273 g/mol. The van der Waals surface area contributed by atoms with Crippen molar-refractivity contribution >= 4 is 7.85 Å². The minimum atomic E-state index is -2.99. The van der Waals surface area contributed by atoms with Gasteiger partial charge in [-0.05, 0) is 6.07 Å². The van der Waals surface area contributed by atoms with Crippen LogP contribution in [0.1, 0.15) is 5.56 Å². The topological polar surface area (TPSA) is 73.9 Å². The van der Waals surface area contributed by atoms with Gasteiger partial charge >= 0.3 is 6.61 Å². The van der Waals surface area contributed by atoms with Gasteiger partial charge in [-0.15, -0.1) is 0 Å². The highest BCUT2D eigenvalue weighted by atomic mass is 19.3. The number of aliphatic hydroxyl groups is 1. The van der Waals surface area contributed by atoms with E-state index in [2.05, 4.69) is 4.74 Å². The van der Waals surface area contributed by atoms with E-state index in [0.29, 0.717) is 5.56 Å². The highest BCUT2D eigenvalue weighted by Gasteiger charge is 2.20. The molecule has 3 N–H and O–H groups in total. The molecule has 0 fully saturated rings. The zero-order valence-electron chi connectivity index (χ0n) is 10.5. The largest absolute Gasteiger partial charge is 0.496 e. The van der Waals surface area contributed by atoms with Gasteiger partial charge in [-0.3, -0.25) is 0 Å².